The maximum absolute atomic E-state index is 13.4. The summed E-state index contributed by atoms with van der Waals surface area (Å²) in [6.45, 7) is 5.62. The summed E-state index contributed by atoms with van der Waals surface area (Å²) in [6, 6.07) is -1.19. The molecule has 3 heterocycles. The number of allylic oxidation sites excluding steroid dienone is 12. The molecule has 0 aromatic carbocycles. The number of nitrogens with one attached hydrogen (secondary N) is 1. The van der Waals surface area contributed by atoms with Gasteiger partial charge in [0.1, 0.15) is 12.2 Å². The smallest absolute Gasteiger partial charge is 0.308 e. The van der Waals surface area contributed by atoms with Gasteiger partial charge in [-0.1, -0.05) is 98.9 Å². The van der Waals surface area contributed by atoms with E-state index in [1.165, 1.54) is 13.0 Å². The molecule has 0 aliphatic carbocycles. The Morgan fingerprint density at radius 1 is 0.725 bits per heavy atom. The van der Waals surface area contributed by atoms with Crippen molar-refractivity contribution in [1.82, 2.24) is 5.32 Å². The minimum absolute atomic E-state index is 0.136. The summed E-state index contributed by atoms with van der Waals surface area (Å²) in [4.78, 5) is 26.0. The molecule has 0 spiro atoms. The summed E-state index contributed by atoms with van der Waals surface area (Å²) in [5, 5.41) is 111. The zero-order chi connectivity index (χ0) is 51.4. The molecule has 0 aromatic heterocycles. The highest BCUT2D eigenvalue weighted by Gasteiger charge is 2.51. The van der Waals surface area contributed by atoms with Crippen LogP contribution in [0.15, 0.2) is 85.1 Å². The van der Waals surface area contributed by atoms with Crippen LogP contribution in [0.5, 0.6) is 0 Å². The van der Waals surface area contributed by atoms with Gasteiger partial charge in [-0.25, -0.2) is 8.78 Å². The number of hydrogen-bond acceptors (Lipinski definition) is 17. The van der Waals surface area contributed by atoms with Crippen LogP contribution in [0.3, 0.4) is 0 Å². The van der Waals surface area contributed by atoms with Crippen LogP contribution in [0.25, 0.3) is 0 Å². The highest BCUT2D eigenvalue weighted by Crippen LogP contribution is 2.38. The number of aliphatic hydroxyl groups excluding tert-OH is 9. The third kappa shape index (κ3) is 20.6. The number of esters is 1. The van der Waals surface area contributed by atoms with Crippen molar-refractivity contribution in [2.24, 2.45) is 23.5 Å². The van der Waals surface area contributed by atoms with Crippen molar-refractivity contribution in [3.05, 3.63) is 85.1 Å². The maximum atomic E-state index is 13.4. The number of alkyl halides is 2. The maximum Gasteiger partial charge on any atom is 0.308 e. The van der Waals surface area contributed by atoms with Crippen molar-refractivity contribution in [2.45, 2.75) is 183 Å². The molecular weight excluding hydrogens is 911 g/mol. The largest absolute Gasteiger partial charge is 0.462 e. The predicted molar refractivity (Wildman–Crippen MR) is 248 cm³/mol. The minimum Gasteiger partial charge on any atom is -0.462 e. The zero-order valence-electron chi connectivity index (χ0n) is 39.7. The monoisotopic (exact) mass is 987 g/mol. The molecule has 392 valence electrons. The van der Waals surface area contributed by atoms with Gasteiger partial charge in [0.2, 0.25) is 5.91 Å². The Morgan fingerprint density at radius 3 is 1.90 bits per heavy atom. The van der Waals surface area contributed by atoms with Gasteiger partial charge in [-0.15, -0.1) is 0 Å². The lowest BCUT2D eigenvalue weighted by molar-refractivity contribution is -0.307. The molecule has 20 heteroatoms. The second kappa shape index (κ2) is 29.7. The van der Waals surface area contributed by atoms with Gasteiger partial charge in [-0.2, -0.15) is 0 Å². The molecule has 1 amide bonds. The second-order valence-corrected chi connectivity index (χ2v) is 18.4. The molecule has 0 saturated carbocycles. The van der Waals surface area contributed by atoms with Gasteiger partial charge in [-0.3, -0.25) is 9.59 Å². The van der Waals surface area contributed by atoms with E-state index in [1.807, 2.05) is 13.0 Å². The number of rotatable bonds is 5. The first-order valence-corrected chi connectivity index (χ1v) is 23.5. The Hall–Kier alpha value is -3.58. The molecule has 0 aromatic rings. The molecule has 0 radical (unpaired) electrons. The summed E-state index contributed by atoms with van der Waals surface area (Å²) in [7, 11) is 0. The Morgan fingerprint density at radius 2 is 1.30 bits per heavy atom. The van der Waals surface area contributed by atoms with Gasteiger partial charge >= 0.3 is 5.97 Å². The van der Waals surface area contributed by atoms with Gasteiger partial charge in [-0.05, 0) is 33.1 Å². The van der Waals surface area contributed by atoms with Crippen molar-refractivity contribution < 1.29 is 88.4 Å². The quantitative estimate of drug-likeness (QED) is 0.171. The summed E-state index contributed by atoms with van der Waals surface area (Å²) >= 11 is 0. The van der Waals surface area contributed by atoms with E-state index >= 15 is 0 Å². The van der Waals surface area contributed by atoms with E-state index in [0.29, 0.717) is 0 Å². The number of carbonyl (C=O) groups excluding carboxylic acids is 2. The van der Waals surface area contributed by atoms with Gasteiger partial charge in [0.15, 0.2) is 12.1 Å². The lowest BCUT2D eigenvalue weighted by atomic mass is 9.82. The van der Waals surface area contributed by atoms with Crippen molar-refractivity contribution >= 4 is 11.9 Å². The van der Waals surface area contributed by atoms with Crippen LogP contribution in [0.4, 0.5) is 8.78 Å². The fourth-order valence-corrected chi connectivity index (χ4v) is 8.28. The molecular formula is C49H76F2N2O16. The van der Waals surface area contributed by atoms with Gasteiger partial charge in [0, 0.05) is 37.5 Å². The molecule has 18 nitrogen and oxygen atoms in total. The lowest BCUT2D eigenvalue weighted by Gasteiger charge is -2.46. The van der Waals surface area contributed by atoms with E-state index in [4.69, 9.17) is 24.7 Å². The van der Waals surface area contributed by atoms with Crippen molar-refractivity contribution in [1.29, 1.82) is 0 Å². The number of nitrogens with two attached hydrogens (primary N) is 1. The summed E-state index contributed by atoms with van der Waals surface area (Å²) in [5.74, 6) is -6.54. The topological polar surface area (TPSA) is 311 Å². The predicted octanol–water partition coefficient (Wildman–Crippen LogP) is 1.01. The lowest BCUT2D eigenvalue weighted by Crippen LogP contribution is -2.62. The number of aliphatic hydroxyl groups is 10. The first-order valence-electron chi connectivity index (χ1n) is 23.5. The Labute approximate surface area is 402 Å². The van der Waals surface area contributed by atoms with Crippen LogP contribution in [-0.2, 0) is 28.5 Å². The molecule has 69 heavy (non-hydrogen) atoms. The fourth-order valence-electron chi connectivity index (χ4n) is 8.28. The SMILES string of the molecule is C[C@@H]1[C@H](O)[C@@H](C)/C=C/C=C/C=C/C=C/C=C/C=C/C=C/[C@H](O[C@@H]2O[C@H](C)[C@@H](O)[C@H](N)[C@@H]2O)C[C@@H]2O[C@](O)(C[C@@H](O)C[C@@H](O)[C@H](O)CC[C@@H](O)C[C@@H](O)CC(=O)O[C@H]1C)C[C@H](O)C2C(=O)NCC(F)F. The number of carbonyl (C=O) groups is 2. The van der Waals surface area contributed by atoms with Crippen LogP contribution >= 0.6 is 0 Å². The third-order valence-electron chi connectivity index (χ3n) is 12.5. The average molecular weight is 987 g/mol. The van der Waals surface area contributed by atoms with Gasteiger partial charge in [0.25, 0.3) is 6.43 Å². The average Bonchev–Trinajstić information content (AvgIpc) is 3.26. The molecule has 1 unspecified atom stereocenters. The summed E-state index contributed by atoms with van der Waals surface area (Å²) < 4.78 is 49.7. The van der Waals surface area contributed by atoms with Crippen LogP contribution in [0.2, 0.25) is 0 Å². The number of amides is 1. The highest BCUT2D eigenvalue weighted by molar-refractivity contribution is 5.80. The number of hydrogen-bond donors (Lipinski definition) is 12. The van der Waals surface area contributed by atoms with Gasteiger partial charge < -0.3 is 81.1 Å². The third-order valence-corrected chi connectivity index (χ3v) is 12.5. The first kappa shape index (κ1) is 59.7. The molecule has 19 atom stereocenters. The second-order valence-electron chi connectivity index (χ2n) is 18.4. The first-order chi connectivity index (χ1) is 32.5. The van der Waals surface area contributed by atoms with Gasteiger partial charge in [0.05, 0.1) is 92.1 Å². The molecule has 13 N–H and O–H groups in total. The minimum atomic E-state index is -2.95. The number of halogens is 2. The Balaban J connectivity index is 1.92. The number of cyclic esters (lactones) is 1. The van der Waals surface area contributed by atoms with E-state index < -0.39 is 160 Å². The highest BCUT2D eigenvalue weighted by atomic mass is 19.3. The molecule has 2 saturated heterocycles. The van der Waals surface area contributed by atoms with E-state index in [0.717, 1.165) is 0 Å². The standard InChI is InChI=1S/C49H76F2N2O16/c1-28-17-15-13-11-9-7-5-6-8-10-12-14-16-18-35(68-48-46(63)43(52)45(62)31(4)67-48)24-39-42(47(64)53-27-40(50)51)38(59)26-49(65,69-39)25-34(56)22-37(58)36(57)20-19-32(54)21-33(55)23-41(60)66-30(3)29(2)44(28)61/h5-18,28-40,42-46,48,54-59,61-63,65H,19-27,52H2,1-4H3,(H,53,64)/b6-5+,9-7+,10-8+,13-11+,14-12+,17-15+,18-16+/t28-,29-,30-,31+,32+,33+,34-,35-,36+,37+,38-,39-,42?,43-,44+,45+,46-,48-,49+/m0/s1. The van der Waals surface area contributed by atoms with E-state index in [1.54, 1.807) is 86.8 Å². The molecule has 2 fully saturated rings. The summed E-state index contributed by atoms with van der Waals surface area (Å²) in [5.41, 5.74) is 6.04. The zero-order valence-corrected chi connectivity index (χ0v) is 39.7. The fraction of sp³-hybridized carbons (Fsp3) is 0.673. The number of fused-ring (bicyclic) bond motifs is 2. The van der Waals surface area contributed by atoms with Crippen LogP contribution in [0.1, 0.15) is 79.1 Å². The van der Waals surface area contributed by atoms with E-state index in [2.05, 4.69) is 5.32 Å². The van der Waals surface area contributed by atoms with Crippen molar-refractivity contribution in [3.63, 3.8) is 0 Å². The molecule has 3 aliphatic rings. The Kier molecular flexibility index (Phi) is 25.7. The van der Waals surface area contributed by atoms with Crippen LogP contribution in [0, 0.1) is 17.8 Å². The molecule has 3 rings (SSSR count). The molecule has 2 bridgehead atoms. The van der Waals surface area contributed by atoms with E-state index in [9.17, 15) is 69.4 Å². The van der Waals surface area contributed by atoms with Crippen molar-refractivity contribution in [3.8, 4) is 0 Å². The Bertz CT molecular complexity index is 1770. The van der Waals surface area contributed by atoms with Crippen LogP contribution < -0.4 is 11.1 Å². The normalized spacial score (nSPS) is 43.6. The van der Waals surface area contributed by atoms with Crippen LogP contribution in [-0.4, -0.2) is 173 Å². The summed E-state index contributed by atoms with van der Waals surface area (Å²) in [6.07, 6.45) is -0.719. The number of ether oxygens (including phenoxy) is 4. The van der Waals surface area contributed by atoms with Crippen molar-refractivity contribution in [2.75, 3.05) is 6.54 Å². The van der Waals surface area contributed by atoms with E-state index in [-0.39, 0.29) is 31.6 Å². The molecule has 3 aliphatic heterocycles.